The van der Waals surface area contributed by atoms with Gasteiger partial charge >= 0.3 is 0 Å². The van der Waals surface area contributed by atoms with Crippen molar-refractivity contribution in [2.24, 2.45) is 5.73 Å². The van der Waals surface area contributed by atoms with Crippen LogP contribution in [0.5, 0.6) is 0 Å². The Hall–Kier alpha value is -1.63. The molecule has 1 amide bonds. The number of rotatable bonds is 5. The number of anilines is 1. The summed E-state index contributed by atoms with van der Waals surface area (Å²) in [5.74, 6) is 0.491. The third kappa shape index (κ3) is 4.98. The van der Waals surface area contributed by atoms with Crippen LogP contribution in [0.4, 0.5) is 5.69 Å². The molecule has 8 heteroatoms. The second kappa shape index (κ2) is 8.73. The summed E-state index contributed by atoms with van der Waals surface area (Å²) in [5.41, 5.74) is 5.74. The molecule has 0 aromatic carbocycles. The molecule has 6 nitrogen and oxygen atoms in total. The Morgan fingerprint density at radius 2 is 2.14 bits per heavy atom. The van der Waals surface area contributed by atoms with Gasteiger partial charge in [0.05, 0.1) is 17.4 Å². The molecule has 0 saturated carbocycles. The van der Waals surface area contributed by atoms with Gasteiger partial charge in [0.25, 0.3) is 0 Å². The third-order valence-electron chi connectivity index (χ3n) is 3.03. The lowest BCUT2D eigenvalue weighted by atomic mass is 9.96. The van der Waals surface area contributed by atoms with Crippen LogP contribution in [0.2, 0.25) is 0 Å². The Morgan fingerprint density at radius 1 is 1.41 bits per heavy atom. The number of nitrogens with one attached hydrogen (secondary N) is 1. The molecule has 0 spiro atoms. The molecule has 2 rings (SSSR count). The maximum atomic E-state index is 12.1. The Kier molecular flexibility index (Phi) is 8.08. The topological polar surface area (TPSA) is 85.8 Å². The van der Waals surface area contributed by atoms with Gasteiger partial charge in [-0.3, -0.25) is 4.79 Å². The molecule has 0 fully saturated rings. The van der Waals surface area contributed by atoms with Gasteiger partial charge in [0.15, 0.2) is 5.82 Å². The average molecular weight is 346 g/mol. The summed E-state index contributed by atoms with van der Waals surface area (Å²) < 4.78 is 1.65. The van der Waals surface area contributed by atoms with Crippen LogP contribution in [0.1, 0.15) is 26.7 Å². The van der Waals surface area contributed by atoms with Crippen molar-refractivity contribution >= 4 is 36.4 Å². The summed E-state index contributed by atoms with van der Waals surface area (Å²) in [6.45, 7) is 3.73. The Morgan fingerprint density at radius 3 is 2.64 bits per heavy atom. The van der Waals surface area contributed by atoms with Gasteiger partial charge in [-0.2, -0.15) is 5.10 Å². The van der Waals surface area contributed by atoms with E-state index in [1.54, 1.807) is 42.3 Å². The fourth-order valence-corrected chi connectivity index (χ4v) is 1.91. The number of carbonyl (C=O) groups is 1. The number of amides is 1. The predicted molar refractivity (Wildman–Crippen MR) is 92.0 cm³/mol. The zero-order chi connectivity index (χ0) is 14.6. The van der Waals surface area contributed by atoms with Crippen molar-refractivity contribution in [1.82, 2.24) is 14.8 Å². The highest BCUT2D eigenvalue weighted by Crippen LogP contribution is 2.14. The molecule has 0 saturated heterocycles. The molecule has 1 atom stereocenters. The van der Waals surface area contributed by atoms with Gasteiger partial charge in [0.1, 0.15) is 0 Å². The van der Waals surface area contributed by atoms with Crippen LogP contribution in [0, 0.1) is 0 Å². The summed E-state index contributed by atoms with van der Waals surface area (Å²) >= 11 is 0. The molecule has 22 heavy (non-hydrogen) atoms. The van der Waals surface area contributed by atoms with Crippen molar-refractivity contribution in [3.05, 3.63) is 36.8 Å². The van der Waals surface area contributed by atoms with Crippen molar-refractivity contribution in [2.45, 2.75) is 32.2 Å². The fourth-order valence-electron chi connectivity index (χ4n) is 1.91. The van der Waals surface area contributed by atoms with Gasteiger partial charge in [-0.1, -0.05) is 13.3 Å². The molecule has 3 N–H and O–H groups in total. The van der Waals surface area contributed by atoms with Gasteiger partial charge in [-0.15, -0.1) is 24.8 Å². The van der Waals surface area contributed by atoms with Crippen molar-refractivity contribution in [1.29, 1.82) is 0 Å². The largest absolute Gasteiger partial charge is 0.323 e. The number of pyridine rings is 1. The normalized spacial score (nSPS) is 12.5. The molecule has 0 aliphatic rings. The molecule has 0 aliphatic carbocycles. The predicted octanol–water partition coefficient (Wildman–Crippen LogP) is 2.57. The molecule has 2 aromatic heterocycles. The lowest BCUT2D eigenvalue weighted by Crippen LogP contribution is -2.48. The lowest BCUT2D eigenvalue weighted by Gasteiger charge is -2.22. The third-order valence-corrected chi connectivity index (χ3v) is 3.03. The van der Waals surface area contributed by atoms with Crippen molar-refractivity contribution in [3.63, 3.8) is 0 Å². The van der Waals surface area contributed by atoms with E-state index in [0.29, 0.717) is 17.9 Å². The molecule has 1 unspecified atom stereocenters. The first-order valence-electron chi connectivity index (χ1n) is 6.59. The molecular formula is C14H21Cl2N5O. The van der Waals surface area contributed by atoms with E-state index in [4.69, 9.17) is 5.73 Å². The zero-order valence-corrected chi connectivity index (χ0v) is 14.2. The highest BCUT2D eigenvalue weighted by molar-refractivity contribution is 5.97. The lowest BCUT2D eigenvalue weighted by molar-refractivity contribution is -0.120. The quantitative estimate of drug-likeness (QED) is 0.871. The number of hydrogen-bond donors (Lipinski definition) is 2. The van der Waals surface area contributed by atoms with Crippen LogP contribution in [-0.4, -0.2) is 26.2 Å². The van der Waals surface area contributed by atoms with Crippen LogP contribution in [0.15, 0.2) is 36.8 Å². The fraction of sp³-hybridized carbons (Fsp3) is 0.357. The van der Waals surface area contributed by atoms with Crippen molar-refractivity contribution < 1.29 is 4.79 Å². The van der Waals surface area contributed by atoms with Gasteiger partial charge in [0, 0.05) is 12.4 Å². The van der Waals surface area contributed by atoms with Crippen molar-refractivity contribution in [3.8, 4) is 5.82 Å². The van der Waals surface area contributed by atoms with Gasteiger partial charge < -0.3 is 11.1 Å². The van der Waals surface area contributed by atoms with E-state index >= 15 is 0 Å². The Balaban J connectivity index is 0.00000220. The standard InChI is InChI=1S/C14H19N5O.2ClH/c1-3-7-14(2,15)13(20)18-11-5-6-12(16-10-11)19-9-4-8-17-19;;/h4-6,8-10H,3,7,15H2,1-2H3,(H,18,20);2*1H. The highest BCUT2D eigenvalue weighted by Gasteiger charge is 2.27. The summed E-state index contributed by atoms with van der Waals surface area (Å²) in [5, 5.41) is 6.87. The van der Waals surface area contributed by atoms with Crippen molar-refractivity contribution in [2.75, 3.05) is 5.32 Å². The minimum Gasteiger partial charge on any atom is -0.323 e. The molecule has 0 bridgehead atoms. The van der Waals surface area contributed by atoms with E-state index in [1.807, 2.05) is 13.0 Å². The van der Waals surface area contributed by atoms with Gasteiger partial charge in [0.2, 0.25) is 5.91 Å². The van der Waals surface area contributed by atoms with Crippen LogP contribution in [0.25, 0.3) is 5.82 Å². The second-order valence-corrected chi connectivity index (χ2v) is 4.98. The molecule has 0 aliphatic heterocycles. The first-order chi connectivity index (χ1) is 9.53. The summed E-state index contributed by atoms with van der Waals surface area (Å²) in [7, 11) is 0. The SMILES string of the molecule is CCCC(C)(N)C(=O)Nc1ccc(-n2cccn2)nc1.Cl.Cl. The van der Waals surface area contributed by atoms with E-state index in [2.05, 4.69) is 15.4 Å². The van der Waals surface area contributed by atoms with Crippen LogP contribution < -0.4 is 11.1 Å². The molecule has 122 valence electrons. The molecule has 2 heterocycles. The van der Waals surface area contributed by atoms with Crippen LogP contribution >= 0.6 is 24.8 Å². The Bertz CT molecular complexity index is 569. The highest BCUT2D eigenvalue weighted by atomic mass is 35.5. The number of nitrogens with two attached hydrogens (primary N) is 1. The van der Waals surface area contributed by atoms with E-state index in [1.165, 1.54) is 0 Å². The van der Waals surface area contributed by atoms with Crippen LogP contribution in [-0.2, 0) is 4.79 Å². The molecule has 2 aromatic rings. The summed E-state index contributed by atoms with van der Waals surface area (Å²) in [4.78, 5) is 16.3. The van der Waals surface area contributed by atoms with Gasteiger partial charge in [-0.05, 0) is 31.5 Å². The maximum absolute atomic E-state index is 12.1. The van der Waals surface area contributed by atoms with Crippen LogP contribution in [0.3, 0.4) is 0 Å². The second-order valence-electron chi connectivity index (χ2n) is 4.98. The van der Waals surface area contributed by atoms with Gasteiger partial charge in [-0.25, -0.2) is 9.67 Å². The summed E-state index contributed by atoms with van der Waals surface area (Å²) in [6.07, 6.45) is 6.58. The first kappa shape index (κ1) is 20.4. The first-order valence-corrected chi connectivity index (χ1v) is 6.59. The zero-order valence-electron chi connectivity index (χ0n) is 12.5. The monoisotopic (exact) mass is 345 g/mol. The minimum absolute atomic E-state index is 0. The summed E-state index contributed by atoms with van der Waals surface area (Å²) in [6, 6.07) is 5.39. The number of aromatic nitrogens is 3. The number of halogens is 2. The average Bonchev–Trinajstić information content (AvgIpc) is 2.93. The van der Waals surface area contributed by atoms with E-state index in [9.17, 15) is 4.79 Å². The number of carbonyl (C=O) groups excluding carboxylic acids is 1. The smallest absolute Gasteiger partial charge is 0.244 e. The molecule has 0 radical (unpaired) electrons. The van der Waals surface area contributed by atoms with E-state index in [0.717, 1.165) is 6.42 Å². The number of nitrogens with zero attached hydrogens (tertiary/aromatic N) is 3. The molecular weight excluding hydrogens is 325 g/mol. The Labute approximate surface area is 142 Å². The van der Waals surface area contributed by atoms with E-state index in [-0.39, 0.29) is 30.7 Å². The van der Waals surface area contributed by atoms with E-state index < -0.39 is 5.54 Å². The number of hydrogen-bond acceptors (Lipinski definition) is 4. The maximum Gasteiger partial charge on any atom is 0.244 e. The minimum atomic E-state index is -0.866.